The maximum Gasteiger partial charge on any atom is 0.283 e. The van der Waals surface area contributed by atoms with E-state index in [9.17, 15) is 18.4 Å². The zero-order valence-corrected chi connectivity index (χ0v) is 20.3. The van der Waals surface area contributed by atoms with E-state index >= 15 is 0 Å². The van der Waals surface area contributed by atoms with Crippen molar-refractivity contribution in [3.63, 3.8) is 0 Å². The van der Waals surface area contributed by atoms with E-state index in [1.165, 1.54) is 6.07 Å². The molecule has 4 heterocycles. The summed E-state index contributed by atoms with van der Waals surface area (Å²) in [5, 5.41) is 19.2. The van der Waals surface area contributed by atoms with E-state index < -0.39 is 17.9 Å². The Kier molecular flexibility index (Phi) is 5.46. The summed E-state index contributed by atoms with van der Waals surface area (Å²) in [7, 11) is 0. The Balaban J connectivity index is 1.22. The molecule has 1 saturated carbocycles. The average molecular weight is 514 g/mol. The summed E-state index contributed by atoms with van der Waals surface area (Å²) in [5.41, 5.74) is 1.26. The van der Waals surface area contributed by atoms with E-state index in [4.69, 9.17) is 11.6 Å². The van der Waals surface area contributed by atoms with Crippen LogP contribution in [0.15, 0.2) is 30.3 Å². The van der Waals surface area contributed by atoms with Crippen molar-refractivity contribution in [3.05, 3.63) is 64.1 Å². The zero-order chi connectivity index (χ0) is 25.2. The van der Waals surface area contributed by atoms with Gasteiger partial charge in [0.15, 0.2) is 11.6 Å². The van der Waals surface area contributed by atoms with Gasteiger partial charge in [-0.2, -0.15) is 5.26 Å². The Bertz CT molecular complexity index is 1370. The van der Waals surface area contributed by atoms with Crippen LogP contribution in [0.1, 0.15) is 55.0 Å². The molecule has 11 heteroatoms. The Labute approximate surface area is 211 Å². The first-order chi connectivity index (χ1) is 17.3. The van der Waals surface area contributed by atoms with E-state index in [-0.39, 0.29) is 17.4 Å². The molecular weight excluding hydrogens is 491 g/mol. The van der Waals surface area contributed by atoms with E-state index in [1.54, 1.807) is 0 Å². The molecule has 2 aromatic heterocycles. The summed E-state index contributed by atoms with van der Waals surface area (Å²) in [5.74, 6) is 1.29. The summed E-state index contributed by atoms with van der Waals surface area (Å²) >= 11 is 6.30. The third kappa shape index (κ3) is 3.73. The standard InChI is InChI=1S/C25H23ClF3N7/c1-14(9-30)34-10-15-6-17(26)2-4-19(15)36-21(11-34)32-33-24(36)16-7-25(8-16)12-35(13-25)20-5-3-18(27)22(31-20)23(28)29/h2-6,14,16,23H,7-8,10-13H2,1H3. The predicted molar refractivity (Wildman–Crippen MR) is 126 cm³/mol. The molecule has 6 rings (SSSR count). The molecule has 2 fully saturated rings. The first kappa shape index (κ1) is 23.3. The maximum absolute atomic E-state index is 13.6. The second-order valence-corrected chi connectivity index (χ2v) is 10.5. The fourth-order valence-corrected chi connectivity index (χ4v) is 5.99. The molecule has 2 aliphatic heterocycles. The van der Waals surface area contributed by atoms with Crippen LogP contribution in [0.5, 0.6) is 0 Å². The van der Waals surface area contributed by atoms with Crippen LogP contribution in [0.2, 0.25) is 5.02 Å². The Hall–Kier alpha value is -3.16. The second-order valence-electron chi connectivity index (χ2n) is 10.1. The molecule has 1 unspecified atom stereocenters. The number of benzene rings is 1. The van der Waals surface area contributed by atoms with E-state index in [2.05, 4.69) is 30.7 Å². The predicted octanol–water partition coefficient (Wildman–Crippen LogP) is 5.00. The van der Waals surface area contributed by atoms with Gasteiger partial charge < -0.3 is 4.90 Å². The van der Waals surface area contributed by atoms with Crippen molar-refractivity contribution in [1.29, 1.82) is 5.26 Å². The molecule has 1 aliphatic carbocycles. The molecule has 1 aromatic carbocycles. The molecule has 36 heavy (non-hydrogen) atoms. The topological polar surface area (TPSA) is 73.9 Å². The average Bonchev–Trinajstić information content (AvgIpc) is 3.12. The number of aromatic nitrogens is 4. The minimum Gasteiger partial charge on any atom is -0.355 e. The van der Waals surface area contributed by atoms with Crippen molar-refractivity contribution < 1.29 is 13.2 Å². The lowest BCUT2D eigenvalue weighted by atomic mass is 9.57. The number of nitrogens with zero attached hydrogens (tertiary/aromatic N) is 7. The molecule has 186 valence electrons. The van der Waals surface area contributed by atoms with Gasteiger partial charge in [-0.05, 0) is 55.7 Å². The van der Waals surface area contributed by atoms with Crippen molar-refractivity contribution in [2.24, 2.45) is 5.41 Å². The van der Waals surface area contributed by atoms with Gasteiger partial charge >= 0.3 is 0 Å². The van der Waals surface area contributed by atoms with Crippen LogP contribution < -0.4 is 4.90 Å². The lowest BCUT2D eigenvalue weighted by Crippen LogP contribution is -2.62. The number of halogens is 4. The summed E-state index contributed by atoms with van der Waals surface area (Å²) in [6.07, 6.45) is -1.15. The Morgan fingerprint density at radius 3 is 2.64 bits per heavy atom. The summed E-state index contributed by atoms with van der Waals surface area (Å²) in [6.45, 7) is 4.33. The summed E-state index contributed by atoms with van der Waals surface area (Å²) in [6, 6.07) is 10.3. The number of anilines is 1. The number of pyridine rings is 1. The molecule has 3 aliphatic rings. The fourth-order valence-electron chi connectivity index (χ4n) is 5.80. The number of nitriles is 1. The quantitative estimate of drug-likeness (QED) is 0.488. The second kappa shape index (κ2) is 8.46. The molecule has 7 nitrogen and oxygen atoms in total. The van der Waals surface area contributed by atoms with Crippen LogP contribution in [0.3, 0.4) is 0 Å². The van der Waals surface area contributed by atoms with Gasteiger partial charge in [0, 0.05) is 36.0 Å². The largest absolute Gasteiger partial charge is 0.355 e. The van der Waals surface area contributed by atoms with Gasteiger partial charge in [-0.25, -0.2) is 18.2 Å². The van der Waals surface area contributed by atoms with Gasteiger partial charge in [0.05, 0.1) is 24.3 Å². The van der Waals surface area contributed by atoms with Gasteiger partial charge in [0.25, 0.3) is 6.43 Å². The van der Waals surface area contributed by atoms with Crippen molar-refractivity contribution in [3.8, 4) is 11.8 Å². The van der Waals surface area contributed by atoms with E-state index in [0.717, 1.165) is 41.8 Å². The smallest absolute Gasteiger partial charge is 0.283 e. The molecule has 1 saturated heterocycles. The van der Waals surface area contributed by atoms with Gasteiger partial charge in [0.2, 0.25) is 0 Å². The molecule has 0 radical (unpaired) electrons. The highest BCUT2D eigenvalue weighted by atomic mass is 35.5. The van der Waals surface area contributed by atoms with Crippen molar-refractivity contribution in [2.45, 2.75) is 51.2 Å². The number of hydrogen-bond donors (Lipinski definition) is 0. The SMILES string of the molecule is CC(C#N)N1Cc2cc(Cl)ccc2-n2c(nnc2C2CC3(C2)CN(c2ccc(F)c(C(F)F)n2)C3)C1. The molecule has 0 bridgehead atoms. The van der Waals surface area contributed by atoms with E-state index in [1.807, 2.05) is 30.0 Å². The number of hydrogen-bond acceptors (Lipinski definition) is 6. The molecule has 0 amide bonds. The van der Waals surface area contributed by atoms with Gasteiger partial charge in [-0.15, -0.1) is 10.2 Å². The van der Waals surface area contributed by atoms with Crippen LogP contribution >= 0.6 is 11.6 Å². The molecule has 3 aromatic rings. The minimum atomic E-state index is -2.94. The van der Waals surface area contributed by atoms with Crippen LogP contribution in [-0.2, 0) is 13.1 Å². The highest BCUT2D eigenvalue weighted by Gasteiger charge is 2.54. The Morgan fingerprint density at radius 2 is 1.92 bits per heavy atom. The maximum atomic E-state index is 13.6. The van der Waals surface area contributed by atoms with Crippen LogP contribution in [-0.4, -0.2) is 43.8 Å². The third-order valence-electron chi connectivity index (χ3n) is 7.66. The normalized spacial score (nSPS) is 19.8. The van der Waals surface area contributed by atoms with Crippen molar-refractivity contribution in [1.82, 2.24) is 24.6 Å². The fraction of sp³-hybridized carbons (Fsp3) is 0.440. The van der Waals surface area contributed by atoms with Crippen molar-refractivity contribution >= 4 is 17.4 Å². The van der Waals surface area contributed by atoms with Crippen molar-refractivity contribution in [2.75, 3.05) is 18.0 Å². The molecule has 1 atom stereocenters. The summed E-state index contributed by atoms with van der Waals surface area (Å²) < 4.78 is 41.8. The van der Waals surface area contributed by atoms with Crippen LogP contribution in [0.4, 0.5) is 19.0 Å². The van der Waals surface area contributed by atoms with E-state index in [0.29, 0.717) is 37.0 Å². The summed E-state index contributed by atoms with van der Waals surface area (Å²) in [4.78, 5) is 7.83. The van der Waals surface area contributed by atoms with Gasteiger partial charge in [-0.1, -0.05) is 11.6 Å². The molecule has 0 N–H and O–H groups in total. The highest BCUT2D eigenvalue weighted by Crippen LogP contribution is 2.56. The Morgan fingerprint density at radius 1 is 1.14 bits per heavy atom. The highest BCUT2D eigenvalue weighted by molar-refractivity contribution is 6.30. The van der Waals surface area contributed by atoms with Gasteiger partial charge in [0.1, 0.15) is 17.3 Å². The van der Waals surface area contributed by atoms with Crippen LogP contribution in [0.25, 0.3) is 5.69 Å². The van der Waals surface area contributed by atoms with Gasteiger partial charge in [-0.3, -0.25) is 9.47 Å². The molecular formula is C25H23ClF3N7. The van der Waals surface area contributed by atoms with Crippen LogP contribution in [0, 0.1) is 22.6 Å². The number of rotatable bonds is 4. The molecule has 1 spiro atoms. The minimum absolute atomic E-state index is 0.0625. The lowest BCUT2D eigenvalue weighted by Gasteiger charge is -2.59. The number of fused-ring (bicyclic) bond motifs is 3. The zero-order valence-electron chi connectivity index (χ0n) is 19.5. The number of alkyl halides is 2. The monoisotopic (exact) mass is 513 g/mol. The first-order valence-corrected chi connectivity index (χ1v) is 12.2. The third-order valence-corrected chi connectivity index (χ3v) is 7.89. The lowest BCUT2D eigenvalue weighted by molar-refractivity contribution is 0.0579. The first-order valence-electron chi connectivity index (χ1n) is 11.8.